The SMILES string of the molecule is CC(=O)OCCN1C(=O)C(C#N)=C(C)/C(=C\c2cn(-c3ccccc3)nc2-c2ccc(C)c(F)c2)C1=O. The van der Waals surface area contributed by atoms with Gasteiger partial charge in [-0.25, -0.2) is 9.07 Å². The number of imide groups is 1. The lowest BCUT2D eigenvalue weighted by atomic mass is 9.93. The summed E-state index contributed by atoms with van der Waals surface area (Å²) in [5.41, 5.74) is 2.77. The number of para-hydroxylation sites is 1. The van der Waals surface area contributed by atoms with Gasteiger partial charge in [0.05, 0.1) is 12.2 Å². The molecule has 0 spiro atoms. The van der Waals surface area contributed by atoms with Crippen LogP contribution >= 0.6 is 0 Å². The lowest BCUT2D eigenvalue weighted by molar-refractivity contribution is -0.147. The van der Waals surface area contributed by atoms with Gasteiger partial charge in [-0.15, -0.1) is 0 Å². The number of esters is 1. The van der Waals surface area contributed by atoms with Gasteiger partial charge in [0.1, 0.15) is 29.8 Å². The van der Waals surface area contributed by atoms with Gasteiger partial charge < -0.3 is 4.74 Å². The van der Waals surface area contributed by atoms with Crippen LogP contribution in [0, 0.1) is 24.1 Å². The molecule has 4 rings (SSSR count). The van der Waals surface area contributed by atoms with E-state index in [1.165, 1.54) is 19.9 Å². The highest BCUT2D eigenvalue weighted by Gasteiger charge is 2.35. The zero-order chi connectivity index (χ0) is 26.7. The van der Waals surface area contributed by atoms with Gasteiger partial charge in [0.25, 0.3) is 11.8 Å². The van der Waals surface area contributed by atoms with E-state index in [4.69, 9.17) is 4.74 Å². The van der Waals surface area contributed by atoms with Crippen LogP contribution in [0.5, 0.6) is 0 Å². The summed E-state index contributed by atoms with van der Waals surface area (Å²) in [6.45, 7) is 4.00. The van der Waals surface area contributed by atoms with Crippen LogP contribution in [-0.4, -0.2) is 45.6 Å². The molecule has 0 fully saturated rings. The first-order valence-corrected chi connectivity index (χ1v) is 11.5. The highest BCUT2D eigenvalue weighted by molar-refractivity contribution is 6.19. The van der Waals surface area contributed by atoms with Crippen molar-refractivity contribution < 1.29 is 23.5 Å². The second kappa shape index (κ2) is 10.4. The molecule has 1 aromatic heterocycles. The number of aryl methyl sites for hydroxylation is 1. The second-order valence-electron chi connectivity index (χ2n) is 8.45. The van der Waals surface area contributed by atoms with Crippen molar-refractivity contribution in [3.8, 4) is 23.0 Å². The first-order chi connectivity index (χ1) is 17.7. The summed E-state index contributed by atoms with van der Waals surface area (Å²) in [5.74, 6) is -2.34. The largest absolute Gasteiger partial charge is 0.464 e. The van der Waals surface area contributed by atoms with Crippen molar-refractivity contribution in [1.29, 1.82) is 5.26 Å². The maximum Gasteiger partial charge on any atom is 0.302 e. The number of carbonyl (C=O) groups is 3. The number of amides is 2. The number of carbonyl (C=O) groups excluding carboxylic acids is 3. The summed E-state index contributed by atoms with van der Waals surface area (Å²) < 4.78 is 20.9. The van der Waals surface area contributed by atoms with Gasteiger partial charge in [-0.1, -0.05) is 30.3 Å². The molecule has 1 aliphatic heterocycles. The predicted molar refractivity (Wildman–Crippen MR) is 133 cm³/mol. The summed E-state index contributed by atoms with van der Waals surface area (Å²) in [5, 5.41) is 14.3. The van der Waals surface area contributed by atoms with E-state index in [-0.39, 0.29) is 29.9 Å². The van der Waals surface area contributed by atoms with Gasteiger partial charge in [0, 0.05) is 29.8 Å². The molecule has 8 nitrogen and oxygen atoms in total. The minimum Gasteiger partial charge on any atom is -0.464 e. The van der Waals surface area contributed by atoms with E-state index in [1.807, 2.05) is 36.4 Å². The zero-order valence-corrected chi connectivity index (χ0v) is 20.5. The number of benzene rings is 2. The topological polar surface area (TPSA) is 105 Å². The molecule has 2 amide bonds. The number of hydrogen-bond donors (Lipinski definition) is 0. The van der Waals surface area contributed by atoms with Crippen LogP contribution in [0.2, 0.25) is 0 Å². The number of rotatable bonds is 6. The monoisotopic (exact) mass is 498 g/mol. The Morgan fingerprint density at radius 1 is 1.14 bits per heavy atom. The standard InChI is InChI=1S/C28H23FN4O4/c1-17-9-10-20(14-25(17)29)26-21(16-33(31-26)22-7-5-4-6-8-22)13-23-18(2)24(15-30)28(36)32(27(23)35)11-12-37-19(3)34/h4-10,13-14,16H,11-12H2,1-3H3/b23-13+. The highest BCUT2D eigenvalue weighted by Crippen LogP contribution is 2.31. The van der Waals surface area contributed by atoms with Crippen molar-refractivity contribution in [3.05, 3.63) is 88.4 Å². The van der Waals surface area contributed by atoms with Crippen LogP contribution in [0.15, 0.2) is 71.4 Å². The Kier molecular flexibility index (Phi) is 7.11. The van der Waals surface area contributed by atoms with Crippen LogP contribution in [0.1, 0.15) is 25.0 Å². The Morgan fingerprint density at radius 3 is 2.51 bits per heavy atom. The van der Waals surface area contributed by atoms with Gasteiger partial charge in [-0.05, 0) is 49.3 Å². The smallest absolute Gasteiger partial charge is 0.302 e. The molecule has 0 atom stereocenters. The first kappa shape index (κ1) is 25.3. The average molecular weight is 499 g/mol. The number of aromatic nitrogens is 2. The summed E-state index contributed by atoms with van der Waals surface area (Å²) in [6.07, 6.45) is 3.24. The fraction of sp³-hybridized carbons (Fsp3) is 0.179. The molecule has 186 valence electrons. The third kappa shape index (κ3) is 5.09. The van der Waals surface area contributed by atoms with Crippen molar-refractivity contribution in [2.24, 2.45) is 0 Å². The molecule has 0 radical (unpaired) electrons. The van der Waals surface area contributed by atoms with Crippen LogP contribution in [0.4, 0.5) is 4.39 Å². The quantitative estimate of drug-likeness (QED) is 0.287. The number of halogens is 1. The number of nitrogens with zero attached hydrogens (tertiary/aromatic N) is 4. The molecule has 3 aromatic rings. The van der Waals surface area contributed by atoms with Crippen LogP contribution < -0.4 is 0 Å². The molecule has 1 aliphatic rings. The highest BCUT2D eigenvalue weighted by atomic mass is 19.1. The van der Waals surface area contributed by atoms with Crippen molar-refractivity contribution in [2.45, 2.75) is 20.8 Å². The average Bonchev–Trinajstić information content (AvgIpc) is 3.30. The summed E-state index contributed by atoms with van der Waals surface area (Å²) in [6, 6.07) is 15.9. The van der Waals surface area contributed by atoms with E-state index in [0.717, 1.165) is 10.6 Å². The van der Waals surface area contributed by atoms with Crippen LogP contribution in [0.3, 0.4) is 0 Å². The van der Waals surface area contributed by atoms with Gasteiger partial charge in [-0.2, -0.15) is 10.4 Å². The van der Waals surface area contributed by atoms with Crippen molar-refractivity contribution in [2.75, 3.05) is 13.2 Å². The molecule has 0 unspecified atom stereocenters. The molecule has 0 aliphatic carbocycles. The Balaban J connectivity index is 1.86. The third-order valence-corrected chi connectivity index (χ3v) is 5.95. The molecule has 0 saturated heterocycles. The Labute approximate surface area is 212 Å². The predicted octanol–water partition coefficient (Wildman–Crippen LogP) is 4.14. The van der Waals surface area contributed by atoms with Crippen molar-refractivity contribution in [1.82, 2.24) is 14.7 Å². The fourth-order valence-corrected chi connectivity index (χ4v) is 3.94. The van der Waals surface area contributed by atoms with Crippen LogP contribution in [0.25, 0.3) is 23.0 Å². The summed E-state index contributed by atoms with van der Waals surface area (Å²) in [7, 11) is 0. The minimum atomic E-state index is -0.755. The molecular weight excluding hydrogens is 475 g/mol. The molecule has 9 heteroatoms. The lowest BCUT2D eigenvalue weighted by Gasteiger charge is -2.27. The molecule has 0 saturated carbocycles. The number of ether oxygens (including phenoxy) is 1. The Morgan fingerprint density at radius 2 is 1.86 bits per heavy atom. The normalized spacial score (nSPS) is 14.8. The molecule has 2 heterocycles. The lowest BCUT2D eigenvalue weighted by Crippen LogP contribution is -2.44. The van der Waals surface area contributed by atoms with Gasteiger partial charge in [0.2, 0.25) is 0 Å². The molecule has 0 bridgehead atoms. The summed E-state index contributed by atoms with van der Waals surface area (Å²) >= 11 is 0. The molecular formula is C28H23FN4O4. The maximum atomic E-state index is 14.4. The minimum absolute atomic E-state index is 0.112. The molecule has 2 aromatic carbocycles. The Hall–Kier alpha value is -4.84. The van der Waals surface area contributed by atoms with E-state index in [0.29, 0.717) is 22.4 Å². The second-order valence-corrected chi connectivity index (χ2v) is 8.45. The van der Waals surface area contributed by atoms with Crippen LogP contribution in [-0.2, 0) is 19.1 Å². The molecule has 37 heavy (non-hydrogen) atoms. The van der Waals surface area contributed by atoms with E-state index in [2.05, 4.69) is 5.10 Å². The van der Waals surface area contributed by atoms with E-state index in [9.17, 15) is 24.0 Å². The van der Waals surface area contributed by atoms with E-state index < -0.39 is 23.6 Å². The van der Waals surface area contributed by atoms with Gasteiger partial charge >= 0.3 is 5.97 Å². The van der Waals surface area contributed by atoms with Crippen molar-refractivity contribution >= 4 is 23.9 Å². The zero-order valence-electron chi connectivity index (χ0n) is 20.5. The van der Waals surface area contributed by atoms with E-state index in [1.54, 1.807) is 36.0 Å². The number of nitriles is 1. The fourth-order valence-electron chi connectivity index (χ4n) is 3.94. The van der Waals surface area contributed by atoms with Crippen molar-refractivity contribution in [3.63, 3.8) is 0 Å². The van der Waals surface area contributed by atoms with Gasteiger partial charge in [0.15, 0.2) is 0 Å². The third-order valence-electron chi connectivity index (χ3n) is 5.95. The first-order valence-electron chi connectivity index (χ1n) is 11.5. The Bertz CT molecular complexity index is 1510. The van der Waals surface area contributed by atoms with Gasteiger partial charge in [-0.3, -0.25) is 19.3 Å². The van der Waals surface area contributed by atoms with E-state index >= 15 is 0 Å². The molecule has 0 N–H and O–H groups in total. The number of hydrogen-bond acceptors (Lipinski definition) is 6. The maximum absolute atomic E-state index is 14.4. The summed E-state index contributed by atoms with van der Waals surface area (Å²) in [4.78, 5) is 38.2.